The van der Waals surface area contributed by atoms with Gasteiger partial charge in [-0.25, -0.2) is 0 Å². The number of methoxy groups -OCH3 is 1. The molecule has 0 bridgehead atoms. The largest absolute Gasteiger partial charge is 0.497 e. The van der Waals surface area contributed by atoms with Crippen LogP contribution in [0.3, 0.4) is 0 Å². The van der Waals surface area contributed by atoms with Crippen molar-refractivity contribution < 1.29 is 19.1 Å². The van der Waals surface area contributed by atoms with Gasteiger partial charge in [0.1, 0.15) is 5.75 Å². The van der Waals surface area contributed by atoms with Gasteiger partial charge in [-0.05, 0) is 36.4 Å². The van der Waals surface area contributed by atoms with Crippen molar-refractivity contribution in [3.05, 3.63) is 48.5 Å². The molecular weight excluding hydrogens is 346 g/mol. The van der Waals surface area contributed by atoms with Crippen LogP contribution in [0.15, 0.2) is 48.5 Å². The van der Waals surface area contributed by atoms with Gasteiger partial charge in [-0.15, -0.1) is 0 Å². The SMILES string of the molecule is COc1cccc(N2CC(C(=O)Nc3ccc(NC(C)=O)cc3)CC2=O)c1. The Morgan fingerprint density at radius 1 is 1.07 bits per heavy atom. The molecule has 1 saturated heterocycles. The van der Waals surface area contributed by atoms with Gasteiger partial charge in [-0.1, -0.05) is 6.07 Å². The monoisotopic (exact) mass is 367 g/mol. The van der Waals surface area contributed by atoms with E-state index in [0.29, 0.717) is 29.4 Å². The molecular formula is C20H21N3O4. The smallest absolute Gasteiger partial charge is 0.229 e. The molecule has 1 unspecified atom stereocenters. The molecule has 2 aromatic carbocycles. The zero-order chi connectivity index (χ0) is 19.4. The minimum atomic E-state index is -0.432. The highest BCUT2D eigenvalue weighted by atomic mass is 16.5. The first-order valence-electron chi connectivity index (χ1n) is 8.59. The third-order valence-electron chi connectivity index (χ3n) is 4.33. The van der Waals surface area contributed by atoms with Crippen LogP contribution in [0, 0.1) is 5.92 Å². The van der Waals surface area contributed by atoms with Crippen molar-refractivity contribution in [3.63, 3.8) is 0 Å². The fourth-order valence-electron chi connectivity index (χ4n) is 3.00. The molecule has 1 heterocycles. The standard InChI is InChI=1S/C20H21N3O4/c1-13(24)21-15-6-8-16(9-7-15)22-20(26)14-10-19(25)23(12-14)17-4-3-5-18(11-17)27-2/h3-9,11,14H,10,12H2,1-2H3,(H,21,24)(H,22,26). The second-order valence-corrected chi connectivity index (χ2v) is 6.35. The molecule has 7 heteroatoms. The van der Waals surface area contributed by atoms with Crippen molar-refractivity contribution in [1.82, 2.24) is 0 Å². The molecule has 1 atom stereocenters. The molecule has 3 rings (SSSR count). The third kappa shape index (κ3) is 4.44. The van der Waals surface area contributed by atoms with E-state index < -0.39 is 5.92 Å². The summed E-state index contributed by atoms with van der Waals surface area (Å²) in [7, 11) is 1.57. The van der Waals surface area contributed by atoms with E-state index >= 15 is 0 Å². The number of carbonyl (C=O) groups excluding carboxylic acids is 3. The summed E-state index contributed by atoms with van der Waals surface area (Å²) in [5.41, 5.74) is 1.98. The summed E-state index contributed by atoms with van der Waals surface area (Å²) in [5, 5.41) is 5.49. The van der Waals surface area contributed by atoms with Crippen molar-refractivity contribution in [2.24, 2.45) is 5.92 Å². The summed E-state index contributed by atoms with van der Waals surface area (Å²) >= 11 is 0. The van der Waals surface area contributed by atoms with Crippen LogP contribution in [-0.2, 0) is 14.4 Å². The fraction of sp³-hybridized carbons (Fsp3) is 0.250. The van der Waals surface area contributed by atoms with Crippen LogP contribution < -0.4 is 20.3 Å². The normalized spacial score (nSPS) is 16.1. The van der Waals surface area contributed by atoms with E-state index in [4.69, 9.17) is 4.74 Å². The summed E-state index contributed by atoms with van der Waals surface area (Å²) in [6.07, 6.45) is 0.160. The van der Waals surface area contributed by atoms with Crippen LogP contribution in [0.1, 0.15) is 13.3 Å². The van der Waals surface area contributed by atoms with Crippen LogP contribution >= 0.6 is 0 Å². The topological polar surface area (TPSA) is 87.7 Å². The van der Waals surface area contributed by atoms with Crippen LogP contribution in [0.4, 0.5) is 17.1 Å². The Morgan fingerprint density at radius 3 is 2.37 bits per heavy atom. The Morgan fingerprint density at radius 2 is 1.74 bits per heavy atom. The van der Waals surface area contributed by atoms with Gasteiger partial charge >= 0.3 is 0 Å². The molecule has 27 heavy (non-hydrogen) atoms. The number of amides is 3. The first kappa shape index (κ1) is 18.4. The van der Waals surface area contributed by atoms with Gasteiger partial charge in [-0.3, -0.25) is 14.4 Å². The van der Waals surface area contributed by atoms with Gasteiger partial charge < -0.3 is 20.3 Å². The van der Waals surface area contributed by atoms with Crippen LogP contribution in [-0.4, -0.2) is 31.4 Å². The Kier molecular flexibility index (Phi) is 5.40. The highest BCUT2D eigenvalue weighted by molar-refractivity contribution is 6.03. The minimum Gasteiger partial charge on any atom is -0.497 e. The minimum absolute atomic E-state index is 0.0931. The molecule has 0 saturated carbocycles. The van der Waals surface area contributed by atoms with Crippen LogP contribution in [0.5, 0.6) is 5.75 Å². The lowest BCUT2D eigenvalue weighted by Gasteiger charge is -2.17. The molecule has 0 radical (unpaired) electrons. The lowest BCUT2D eigenvalue weighted by Crippen LogP contribution is -2.28. The molecule has 0 aromatic heterocycles. The number of nitrogens with zero attached hydrogens (tertiary/aromatic N) is 1. The summed E-state index contributed by atoms with van der Waals surface area (Å²) in [6, 6.07) is 14.0. The molecule has 140 valence electrons. The van der Waals surface area contributed by atoms with Crippen molar-refractivity contribution in [3.8, 4) is 5.75 Å². The van der Waals surface area contributed by atoms with E-state index in [1.165, 1.54) is 6.92 Å². The molecule has 1 aliphatic rings. The number of nitrogens with one attached hydrogen (secondary N) is 2. The number of hydrogen-bond acceptors (Lipinski definition) is 4. The Balaban J connectivity index is 1.64. The third-order valence-corrected chi connectivity index (χ3v) is 4.33. The van der Waals surface area contributed by atoms with Gasteiger partial charge in [-0.2, -0.15) is 0 Å². The Hall–Kier alpha value is -3.35. The maximum Gasteiger partial charge on any atom is 0.229 e. The molecule has 2 N–H and O–H groups in total. The fourth-order valence-corrected chi connectivity index (χ4v) is 3.00. The van der Waals surface area contributed by atoms with Crippen molar-refractivity contribution >= 4 is 34.8 Å². The number of rotatable bonds is 5. The second kappa shape index (κ2) is 7.90. The summed E-state index contributed by atoms with van der Waals surface area (Å²) < 4.78 is 5.19. The number of carbonyl (C=O) groups is 3. The van der Waals surface area contributed by atoms with Crippen LogP contribution in [0.2, 0.25) is 0 Å². The zero-order valence-electron chi connectivity index (χ0n) is 15.2. The predicted octanol–water partition coefficient (Wildman–Crippen LogP) is 2.65. The molecule has 3 amide bonds. The predicted molar refractivity (Wildman–Crippen MR) is 103 cm³/mol. The molecule has 7 nitrogen and oxygen atoms in total. The Labute approximate surface area is 157 Å². The quantitative estimate of drug-likeness (QED) is 0.850. The molecule has 0 spiro atoms. The van der Waals surface area contributed by atoms with E-state index in [2.05, 4.69) is 10.6 Å². The molecule has 1 fully saturated rings. The van der Waals surface area contributed by atoms with Gasteiger partial charge in [0.15, 0.2) is 0 Å². The molecule has 2 aromatic rings. The van der Waals surface area contributed by atoms with Crippen molar-refractivity contribution in [2.45, 2.75) is 13.3 Å². The number of benzene rings is 2. The number of hydrogen-bond donors (Lipinski definition) is 2. The zero-order valence-corrected chi connectivity index (χ0v) is 15.2. The van der Waals surface area contributed by atoms with Crippen molar-refractivity contribution in [1.29, 1.82) is 0 Å². The van der Waals surface area contributed by atoms with E-state index in [1.807, 2.05) is 12.1 Å². The van der Waals surface area contributed by atoms with E-state index in [0.717, 1.165) is 0 Å². The summed E-state index contributed by atoms with van der Waals surface area (Å²) in [6.45, 7) is 1.75. The van der Waals surface area contributed by atoms with E-state index in [1.54, 1.807) is 48.4 Å². The number of anilines is 3. The average molecular weight is 367 g/mol. The number of ether oxygens (including phenoxy) is 1. The maximum absolute atomic E-state index is 12.5. The average Bonchev–Trinajstić information content (AvgIpc) is 3.05. The first-order chi connectivity index (χ1) is 13.0. The summed E-state index contributed by atoms with van der Waals surface area (Å²) in [5.74, 6) is -0.231. The highest BCUT2D eigenvalue weighted by Crippen LogP contribution is 2.28. The van der Waals surface area contributed by atoms with Gasteiger partial charge in [0.2, 0.25) is 17.7 Å². The highest BCUT2D eigenvalue weighted by Gasteiger charge is 2.35. The Bertz CT molecular complexity index is 864. The van der Waals surface area contributed by atoms with E-state index in [9.17, 15) is 14.4 Å². The van der Waals surface area contributed by atoms with Gasteiger partial charge in [0.05, 0.1) is 13.0 Å². The lowest BCUT2D eigenvalue weighted by atomic mass is 10.1. The van der Waals surface area contributed by atoms with Gasteiger partial charge in [0, 0.05) is 43.0 Å². The molecule has 0 aliphatic carbocycles. The summed E-state index contributed by atoms with van der Waals surface area (Å²) in [4.78, 5) is 37.5. The van der Waals surface area contributed by atoms with E-state index in [-0.39, 0.29) is 24.1 Å². The maximum atomic E-state index is 12.5. The second-order valence-electron chi connectivity index (χ2n) is 6.35. The van der Waals surface area contributed by atoms with Gasteiger partial charge in [0.25, 0.3) is 0 Å². The first-order valence-corrected chi connectivity index (χ1v) is 8.59. The molecule has 1 aliphatic heterocycles. The van der Waals surface area contributed by atoms with Crippen LogP contribution in [0.25, 0.3) is 0 Å². The lowest BCUT2D eigenvalue weighted by molar-refractivity contribution is -0.122. The van der Waals surface area contributed by atoms with Crippen molar-refractivity contribution in [2.75, 3.05) is 29.2 Å².